The van der Waals surface area contributed by atoms with E-state index in [0.717, 1.165) is 36.8 Å². The van der Waals surface area contributed by atoms with Crippen LogP contribution in [-0.4, -0.2) is 20.8 Å². The first-order valence-electron chi connectivity index (χ1n) is 6.92. The van der Waals surface area contributed by atoms with Crippen LogP contribution in [0.1, 0.15) is 31.7 Å². The van der Waals surface area contributed by atoms with Crippen molar-refractivity contribution in [1.82, 2.24) is 4.57 Å². The number of aromatic nitrogens is 1. The smallest absolute Gasteiger partial charge is 0.218 e. The fraction of sp³-hybridized carbons (Fsp3) is 0.467. The highest BCUT2D eigenvalue weighted by atomic mass is 16.3. The Morgan fingerprint density at radius 2 is 2.16 bits per heavy atom. The van der Waals surface area contributed by atoms with Gasteiger partial charge in [-0.25, -0.2) is 0 Å². The first kappa shape index (κ1) is 12.2. The van der Waals surface area contributed by atoms with Crippen LogP contribution < -0.4 is 5.32 Å². The fourth-order valence-electron chi connectivity index (χ4n) is 2.83. The monoisotopic (exact) mass is 260 g/mol. The van der Waals surface area contributed by atoms with Crippen molar-refractivity contribution in [2.24, 2.45) is 0 Å². The molecule has 3 rings (SSSR count). The molecule has 4 nitrogen and oxygen atoms in total. The number of anilines is 1. The van der Waals surface area contributed by atoms with Gasteiger partial charge >= 0.3 is 0 Å². The number of allylic oxidation sites excluding steroid dienone is 4. The number of rotatable bonds is 2. The maximum atomic E-state index is 10.3. The lowest BCUT2D eigenvalue weighted by atomic mass is 10.0. The Balaban J connectivity index is 1.94. The summed E-state index contributed by atoms with van der Waals surface area (Å²) in [5.41, 5.74) is 2.69. The molecule has 19 heavy (non-hydrogen) atoms. The van der Waals surface area contributed by atoms with E-state index >= 15 is 0 Å². The molecule has 0 saturated heterocycles. The van der Waals surface area contributed by atoms with Crippen LogP contribution in [0.4, 0.5) is 5.69 Å². The second-order valence-corrected chi connectivity index (χ2v) is 5.43. The highest BCUT2D eigenvalue weighted by molar-refractivity contribution is 5.67. The SMILES string of the molecule is CC1CCc2c(c(O)n(CC3=CCCC=C3)c2O)N1. The van der Waals surface area contributed by atoms with Gasteiger partial charge in [0.05, 0.1) is 6.54 Å². The average Bonchev–Trinajstić information content (AvgIpc) is 2.65. The van der Waals surface area contributed by atoms with E-state index in [1.165, 1.54) is 0 Å². The minimum Gasteiger partial charge on any atom is -0.494 e. The topological polar surface area (TPSA) is 57.4 Å². The Hall–Kier alpha value is -1.84. The quantitative estimate of drug-likeness (QED) is 0.766. The summed E-state index contributed by atoms with van der Waals surface area (Å²) in [6.45, 7) is 2.61. The molecule has 1 aliphatic carbocycles. The number of fused-ring (bicyclic) bond motifs is 1. The van der Waals surface area contributed by atoms with Crippen LogP contribution in [0.15, 0.2) is 23.8 Å². The van der Waals surface area contributed by atoms with Crippen molar-refractivity contribution in [2.75, 3.05) is 5.32 Å². The van der Waals surface area contributed by atoms with E-state index in [4.69, 9.17) is 0 Å². The molecule has 2 aliphatic rings. The fourth-order valence-corrected chi connectivity index (χ4v) is 2.83. The summed E-state index contributed by atoms with van der Waals surface area (Å²) in [5.74, 6) is 0.352. The zero-order valence-electron chi connectivity index (χ0n) is 11.2. The molecule has 0 saturated carbocycles. The summed E-state index contributed by atoms with van der Waals surface area (Å²) in [6, 6.07) is 0.336. The molecule has 0 aromatic carbocycles. The summed E-state index contributed by atoms with van der Waals surface area (Å²) in [7, 11) is 0. The Morgan fingerprint density at radius 1 is 1.32 bits per heavy atom. The molecule has 1 aromatic rings. The van der Waals surface area contributed by atoms with E-state index in [2.05, 4.69) is 30.5 Å². The Kier molecular flexibility index (Phi) is 3.01. The van der Waals surface area contributed by atoms with E-state index in [9.17, 15) is 10.2 Å². The number of nitrogens with zero attached hydrogens (tertiary/aromatic N) is 1. The molecule has 1 atom stereocenters. The van der Waals surface area contributed by atoms with Crippen LogP contribution in [0.2, 0.25) is 0 Å². The number of hydrogen-bond donors (Lipinski definition) is 3. The third kappa shape index (κ3) is 2.11. The lowest BCUT2D eigenvalue weighted by Crippen LogP contribution is -2.20. The van der Waals surface area contributed by atoms with Crippen LogP contribution in [0.5, 0.6) is 11.8 Å². The molecular weight excluding hydrogens is 240 g/mol. The third-order valence-corrected chi connectivity index (χ3v) is 3.94. The normalized spacial score (nSPS) is 21.7. The second kappa shape index (κ2) is 4.68. The van der Waals surface area contributed by atoms with Crippen LogP contribution >= 0.6 is 0 Å². The van der Waals surface area contributed by atoms with Crippen molar-refractivity contribution >= 4 is 5.69 Å². The molecular formula is C15H20N2O2. The van der Waals surface area contributed by atoms with Gasteiger partial charge in [-0.15, -0.1) is 0 Å². The zero-order valence-corrected chi connectivity index (χ0v) is 11.2. The number of nitrogens with one attached hydrogen (secondary N) is 1. The Bertz CT molecular complexity index is 555. The molecule has 3 N–H and O–H groups in total. The molecule has 0 amide bonds. The first-order valence-corrected chi connectivity index (χ1v) is 6.92. The molecule has 1 aliphatic heterocycles. The number of aromatic hydroxyl groups is 2. The molecule has 0 spiro atoms. The second-order valence-electron chi connectivity index (χ2n) is 5.43. The third-order valence-electron chi connectivity index (χ3n) is 3.94. The Labute approximate surface area is 113 Å². The molecule has 4 heteroatoms. The van der Waals surface area contributed by atoms with Gasteiger partial charge in [-0.3, -0.25) is 4.57 Å². The van der Waals surface area contributed by atoms with Crippen LogP contribution in [-0.2, 0) is 13.0 Å². The maximum absolute atomic E-state index is 10.3. The van der Waals surface area contributed by atoms with Crippen molar-refractivity contribution < 1.29 is 10.2 Å². The average molecular weight is 260 g/mol. The van der Waals surface area contributed by atoms with Gasteiger partial charge in [-0.05, 0) is 38.2 Å². The summed E-state index contributed by atoms with van der Waals surface area (Å²) in [6.07, 6.45) is 10.3. The zero-order chi connectivity index (χ0) is 13.4. The predicted molar refractivity (Wildman–Crippen MR) is 75.6 cm³/mol. The standard InChI is InChI=1S/C15H20N2O2/c1-10-7-8-12-13(16-10)15(19)17(14(12)18)9-11-5-3-2-4-6-11/h3,5-6,10,16,18-19H,2,4,7-9H2,1H3. The lowest BCUT2D eigenvalue weighted by Gasteiger charge is -2.20. The molecule has 1 unspecified atom stereocenters. The first-order chi connectivity index (χ1) is 9.16. The van der Waals surface area contributed by atoms with Crippen molar-refractivity contribution in [3.8, 4) is 11.8 Å². The van der Waals surface area contributed by atoms with Crippen molar-refractivity contribution in [2.45, 2.75) is 45.2 Å². The molecule has 2 heterocycles. The predicted octanol–water partition coefficient (Wildman–Crippen LogP) is 2.92. The van der Waals surface area contributed by atoms with Gasteiger partial charge in [0, 0.05) is 11.6 Å². The van der Waals surface area contributed by atoms with Gasteiger partial charge in [0.15, 0.2) is 5.88 Å². The molecule has 102 valence electrons. The highest BCUT2D eigenvalue weighted by Crippen LogP contribution is 2.42. The maximum Gasteiger partial charge on any atom is 0.218 e. The molecule has 0 bridgehead atoms. The van der Waals surface area contributed by atoms with Crippen LogP contribution in [0.3, 0.4) is 0 Å². The molecule has 1 aromatic heterocycles. The largest absolute Gasteiger partial charge is 0.494 e. The van der Waals surface area contributed by atoms with Crippen LogP contribution in [0, 0.1) is 0 Å². The van der Waals surface area contributed by atoms with Gasteiger partial charge in [0.1, 0.15) is 5.69 Å². The van der Waals surface area contributed by atoms with Gasteiger partial charge < -0.3 is 15.5 Å². The van der Waals surface area contributed by atoms with Crippen molar-refractivity contribution in [3.63, 3.8) is 0 Å². The highest BCUT2D eigenvalue weighted by Gasteiger charge is 2.27. The van der Waals surface area contributed by atoms with E-state index in [-0.39, 0.29) is 11.8 Å². The van der Waals surface area contributed by atoms with E-state index < -0.39 is 0 Å². The minimum atomic E-state index is 0.152. The van der Waals surface area contributed by atoms with E-state index in [1.807, 2.05) is 0 Å². The van der Waals surface area contributed by atoms with Gasteiger partial charge in [0.2, 0.25) is 5.88 Å². The summed E-state index contributed by atoms with van der Waals surface area (Å²) >= 11 is 0. The number of hydrogen-bond acceptors (Lipinski definition) is 3. The van der Waals surface area contributed by atoms with Gasteiger partial charge in [-0.2, -0.15) is 0 Å². The van der Waals surface area contributed by atoms with Gasteiger partial charge in [0.25, 0.3) is 0 Å². The lowest BCUT2D eigenvalue weighted by molar-refractivity contribution is 0.376. The van der Waals surface area contributed by atoms with E-state index in [1.54, 1.807) is 4.57 Å². The Morgan fingerprint density at radius 3 is 2.89 bits per heavy atom. The summed E-state index contributed by atoms with van der Waals surface area (Å²) < 4.78 is 1.59. The van der Waals surface area contributed by atoms with Crippen molar-refractivity contribution in [3.05, 3.63) is 29.4 Å². The minimum absolute atomic E-state index is 0.152. The van der Waals surface area contributed by atoms with Gasteiger partial charge in [-0.1, -0.05) is 18.2 Å². The summed E-state index contributed by atoms with van der Waals surface area (Å²) in [4.78, 5) is 0. The summed E-state index contributed by atoms with van der Waals surface area (Å²) in [5, 5.41) is 23.8. The molecule has 0 fully saturated rings. The van der Waals surface area contributed by atoms with Crippen molar-refractivity contribution in [1.29, 1.82) is 0 Å². The van der Waals surface area contributed by atoms with Crippen LogP contribution in [0.25, 0.3) is 0 Å². The van der Waals surface area contributed by atoms with E-state index in [0.29, 0.717) is 18.3 Å². The molecule has 0 radical (unpaired) electrons.